The van der Waals surface area contributed by atoms with Gasteiger partial charge in [0, 0.05) is 44.2 Å². The number of aryl methyl sites for hydroxylation is 5. The first kappa shape index (κ1) is 35.4. The van der Waals surface area contributed by atoms with Crippen molar-refractivity contribution >= 4 is 32.7 Å². The minimum Gasteiger partial charge on any atom is -0.454 e. The number of furan rings is 1. The van der Waals surface area contributed by atoms with Gasteiger partial charge in [-0.2, -0.15) is 0 Å². The van der Waals surface area contributed by atoms with Crippen LogP contribution in [0.1, 0.15) is 75.4 Å². The van der Waals surface area contributed by atoms with Crippen molar-refractivity contribution in [3.63, 3.8) is 0 Å². The molecule has 0 aliphatic rings. The molecule has 8 rings (SSSR count). The molecule has 8 aromatic rings. The summed E-state index contributed by atoms with van der Waals surface area (Å²) in [7, 11) is 2.14. The van der Waals surface area contributed by atoms with Crippen LogP contribution < -0.4 is 4.57 Å². The average Bonchev–Trinajstić information content (AvgIpc) is 3.51. The molecule has 3 aromatic heterocycles. The number of pyridine rings is 1. The van der Waals surface area contributed by atoms with E-state index < -0.39 is 0 Å². The predicted molar refractivity (Wildman–Crippen MR) is 224 cm³/mol. The minimum atomic E-state index is -0.182. The maximum atomic E-state index is 6.83. The number of benzene rings is 5. The molecule has 5 aromatic carbocycles. The van der Waals surface area contributed by atoms with Gasteiger partial charge in [0.25, 0.3) is 0 Å². The zero-order chi connectivity index (χ0) is 38.3. The zero-order valence-corrected chi connectivity index (χ0v) is 33.4. The smallest absolute Gasteiger partial charge is 0.216 e. The molecule has 0 aliphatic heterocycles. The van der Waals surface area contributed by atoms with Crippen molar-refractivity contribution in [2.75, 3.05) is 0 Å². The van der Waals surface area contributed by atoms with E-state index in [0.29, 0.717) is 0 Å². The fourth-order valence-electron chi connectivity index (χ4n) is 7.83. The molecule has 0 aliphatic carbocycles. The second-order valence-electron chi connectivity index (χ2n) is 17.1. The monoisotopic (exact) mass is 709 g/mol. The number of hydrogen-bond donors (Lipinski definition) is 0. The maximum Gasteiger partial charge on any atom is 0.216 e. The van der Waals surface area contributed by atoms with E-state index in [1.807, 2.05) is 0 Å². The standard InChI is InChI=1S/C49H49N4O/c1-28-16-22-38-37-23-21-33-14-12-13-15-36(33)43(37)54-44(38)42(28)40-26-39(31(4)27-53(40)11)41-29(2)24-35(25-30(41)3)32-17-19-34(20-18-32)45-50-46(48(5,6)7)52-47(51-45)49(8,9)10/h12-27H,1-11H3/q+1. The fraction of sp³-hybridized carbons (Fsp3) is 0.265. The summed E-state index contributed by atoms with van der Waals surface area (Å²) in [6.07, 6.45) is 2.25. The molecular weight excluding hydrogens is 661 g/mol. The van der Waals surface area contributed by atoms with Crippen LogP contribution in [-0.2, 0) is 17.9 Å². The molecule has 5 heteroatoms. The van der Waals surface area contributed by atoms with Crippen molar-refractivity contribution in [2.24, 2.45) is 7.05 Å². The Hall–Kier alpha value is -5.68. The Morgan fingerprint density at radius 3 is 1.76 bits per heavy atom. The van der Waals surface area contributed by atoms with Crippen LogP contribution in [0.2, 0.25) is 0 Å². The van der Waals surface area contributed by atoms with E-state index in [9.17, 15) is 0 Å². The molecule has 0 saturated carbocycles. The molecular formula is C49H49N4O+. The van der Waals surface area contributed by atoms with Crippen LogP contribution >= 0.6 is 0 Å². The van der Waals surface area contributed by atoms with Gasteiger partial charge in [0.2, 0.25) is 5.69 Å². The van der Waals surface area contributed by atoms with Crippen molar-refractivity contribution < 1.29 is 8.98 Å². The van der Waals surface area contributed by atoms with E-state index in [1.54, 1.807) is 0 Å². The number of hydrogen-bond acceptors (Lipinski definition) is 4. The van der Waals surface area contributed by atoms with Gasteiger partial charge in [-0.1, -0.05) is 120 Å². The van der Waals surface area contributed by atoms with Gasteiger partial charge in [0.1, 0.15) is 29.9 Å². The second-order valence-corrected chi connectivity index (χ2v) is 17.1. The molecule has 270 valence electrons. The van der Waals surface area contributed by atoms with Crippen molar-refractivity contribution in [1.29, 1.82) is 0 Å². The van der Waals surface area contributed by atoms with Gasteiger partial charge < -0.3 is 4.42 Å². The summed E-state index contributed by atoms with van der Waals surface area (Å²) in [4.78, 5) is 14.7. The van der Waals surface area contributed by atoms with E-state index in [4.69, 9.17) is 19.4 Å². The number of rotatable bonds is 4. The molecule has 0 amide bonds. The lowest BCUT2D eigenvalue weighted by atomic mass is 9.88. The van der Waals surface area contributed by atoms with Crippen molar-refractivity contribution in [3.8, 4) is 44.9 Å². The van der Waals surface area contributed by atoms with E-state index in [1.165, 1.54) is 44.3 Å². The summed E-state index contributed by atoms with van der Waals surface area (Å²) in [6.45, 7) is 21.8. The number of fused-ring (bicyclic) bond motifs is 5. The summed E-state index contributed by atoms with van der Waals surface area (Å²) < 4.78 is 9.07. The Morgan fingerprint density at radius 1 is 0.519 bits per heavy atom. The van der Waals surface area contributed by atoms with Gasteiger partial charge >= 0.3 is 0 Å². The van der Waals surface area contributed by atoms with Crippen LogP contribution in [0.3, 0.4) is 0 Å². The normalized spacial score (nSPS) is 12.4. The van der Waals surface area contributed by atoms with Crippen molar-refractivity contribution in [3.05, 3.63) is 131 Å². The quantitative estimate of drug-likeness (QED) is 0.171. The average molecular weight is 710 g/mol. The lowest BCUT2D eigenvalue weighted by molar-refractivity contribution is -0.660. The molecule has 0 fully saturated rings. The molecule has 0 bridgehead atoms. The highest BCUT2D eigenvalue weighted by Crippen LogP contribution is 2.42. The highest BCUT2D eigenvalue weighted by Gasteiger charge is 2.27. The molecule has 0 unspecified atom stereocenters. The van der Waals surface area contributed by atoms with Gasteiger partial charge in [-0.3, -0.25) is 0 Å². The van der Waals surface area contributed by atoms with Crippen LogP contribution in [0.4, 0.5) is 0 Å². The second kappa shape index (κ2) is 12.7. The number of aromatic nitrogens is 4. The Morgan fingerprint density at radius 2 is 1.11 bits per heavy atom. The third-order valence-corrected chi connectivity index (χ3v) is 10.7. The highest BCUT2D eigenvalue weighted by molar-refractivity contribution is 6.17. The van der Waals surface area contributed by atoms with Crippen LogP contribution in [0.25, 0.3) is 77.6 Å². The summed E-state index contributed by atoms with van der Waals surface area (Å²) >= 11 is 0. The molecule has 54 heavy (non-hydrogen) atoms. The summed E-state index contributed by atoms with van der Waals surface area (Å²) in [6, 6.07) is 32.9. The highest BCUT2D eigenvalue weighted by atomic mass is 16.3. The van der Waals surface area contributed by atoms with E-state index in [2.05, 4.69) is 178 Å². The largest absolute Gasteiger partial charge is 0.454 e. The van der Waals surface area contributed by atoms with Crippen LogP contribution in [0, 0.1) is 27.7 Å². The third-order valence-electron chi connectivity index (χ3n) is 10.7. The molecule has 5 nitrogen and oxygen atoms in total. The van der Waals surface area contributed by atoms with Gasteiger partial charge in [-0.15, -0.1) is 0 Å². The van der Waals surface area contributed by atoms with Gasteiger partial charge in [-0.05, 0) is 78.1 Å². The van der Waals surface area contributed by atoms with Crippen LogP contribution in [0.15, 0.2) is 102 Å². The SMILES string of the molecule is Cc1c[n+](C)c(-c2c(C)ccc3c2oc2c4ccccc4ccc32)cc1-c1c(C)cc(-c2ccc(-c3nc(C(C)(C)C)nc(C(C)(C)C)n3)cc2)cc1C. The predicted octanol–water partition coefficient (Wildman–Crippen LogP) is 12.2. The van der Waals surface area contributed by atoms with E-state index in [0.717, 1.165) is 67.2 Å². The Balaban J connectivity index is 1.19. The first-order chi connectivity index (χ1) is 25.6. The first-order valence-corrected chi connectivity index (χ1v) is 18.9. The summed E-state index contributed by atoms with van der Waals surface area (Å²) in [5.41, 5.74) is 14.5. The van der Waals surface area contributed by atoms with E-state index in [-0.39, 0.29) is 10.8 Å². The summed E-state index contributed by atoms with van der Waals surface area (Å²) in [5.74, 6) is 2.35. The first-order valence-electron chi connectivity index (χ1n) is 18.9. The topological polar surface area (TPSA) is 55.7 Å². The molecule has 0 atom stereocenters. The van der Waals surface area contributed by atoms with Crippen LogP contribution in [-0.4, -0.2) is 15.0 Å². The van der Waals surface area contributed by atoms with Gasteiger partial charge in [0.15, 0.2) is 12.0 Å². The Bertz CT molecular complexity index is 2720. The molecule has 0 saturated heterocycles. The van der Waals surface area contributed by atoms with Gasteiger partial charge in [0.05, 0.1) is 5.56 Å². The molecule has 3 heterocycles. The van der Waals surface area contributed by atoms with Gasteiger partial charge in [-0.25, -0.2) is 19.5 Å². The molecule has 0 radical (unpaired) electrons. The maximum absolute atomic E-state index is 6.83. The zero-order valence-electron chi connectivity index (χ0n) is 33.4. The Kier molecular flexibility index (Phi) is 8.33. The lowest BCUT2D eigenvalue weighted by Gasteiger charge is -2.22. The van der Waals surface area contributed by atoms with Crippen molar-refractivity contribution in [1.82, 2.24) is 15.0 Å². The van der Waals surface area contributed by atoms with Crippen LogP contribution in [0.5, 0.6) is 0 Å². The molecule has 0 spiro atoms. The summed E-state index contributed by atoms with van der Waals surface area (Å²) in [5, 5.41) is 4.61. The lowest BCUT2D eigenvalue weighted by Crippen LogP contribution is -2.31. The Labute approximate surface area is 318 Å². The van der Waals surface area contributed by atoms with E-state index >= 15 is 0 Å². The third kappa shape index (κ3) is 6.06. The van der Waals surface area contributed by atoms with Crippen molar-refractivity contribution in [2.45, 2.75) is 80.1 Å². The fourth-order valence-corrected chi connectivity index (χ4v) is 7.83. The molecule has 0 N–H and O–H groups in total. The number of nitrogens with zero attached hydrogens (tertiary/aromatic N) is 4. The minimum absolute atomic E-state index is 0.182.